The lowest BCUT2D eigenvalue weighted by atomic mass is 9.72. The van der Waals surface area contributed by atoms with Gasteiger partial charge in [-0.3, -0.25) is 9.78 Å². The molecule has 0 unspecified atom stereocenters. The molecule has 0 radical (unpaired) electrons. The fraction of sp³-hybridized carbons (Fsp3) is 0.450. The van der Waals surface area contributed by atoms with E-state index in [-0.39, 0.29) is 11.9 Å². The molecule has 4 rings (SSSR count). The van der Waals surface area contributed by atoms with E-state index in [1.807, 2.05) is 30.1 Å². The maximum absolute atomic E-state index is 13.5. The van der Waals surface area contributed by atoms with Gasteiger partial charge in [0, 0.05) is 45.7 Å². The minimum absolute atomic E-state index is 0.202. The van der Waals surface area contributed by atoms with Gasteiger partial charge in [0.1, 0.15) is 5.82 Å². The van der Waals surface area contributed by atoms with Crippen molar-refractivity contribution in [1.29, 1.82) is 0 Å². The van der Waals surface area contributed by atoms with Crippen LogP contribution < -0.4 is 4.90 Å². The average Bonchev–Trinajstić information content (AvgIpc) is 2.68. The number of hydrogen-bond acceptors (Lipinski definition) is 5. The number of rotatable bonds is 4. The molecule has 1 aromatic heterocycles. The van der Waals surface area contributed by atoms with E-state index in [4.69, 9.17) is 4.74 Å². The summed E-state index contributed by atoms with van der Waals surface area (Å²) in [6, 6.07) is 10.4. The van der Waals surface area contributed by atoms with Gasteiger partial charge in [-0.2, -0.15) is 0 Å². The van der Waals surface area contributed by atoms with Crippen molar-refractivity contribution < 1.29 is 9.53 Å². The van der Waals surface area contributed by atoms with Crippen LogP contribution in [0.5, 0.6) is 0 Å². The Labute approximate surface area is 153 Å². The van der Waals surface area contributed by atoms with Crippen LogP contribution in [0.3, 0.4) is 0 Å². The highest BCUT2D eigenvalue weighted by atomic mass is 16.5. The molecule has 1 aromatic carbocycles. The van der Waals surface area contributed by atoms with Crippen LogP contribution in [0.2, 0.25) is 0 Å². The number of carbonyl (C=O) groups excluding carboxylic acids is 1. The summed E-state index contributed by atoms with van der Waals surface area (Å²) in [5, 5.41) is 0. The minimum atomic E-state index is -0.471. The van der Waals surface area contributed by atoms with E-state index < -0.39 is 5.41 Å². The van der Waals surface area contributed by atoms with Gasteiger partial charge in [-0.15, -0.1) is 0 Å². The number of ether oxygens (including phenoxy) is 1. The minimum Gasteiger partial charge on any atom is -0.381 e. The molecular weight excluding hydrogens is 328 g/mol. The van der Waals surface area contributed by atoms with Crippen LogP contribution in [-0.4, -0.2) is 60.2 Å². The molecule has 2 aromatic rings. The number of amides is 1. The van der Waals surface area contributed by atoms with Crippen LogP contribution >= 0.6 is 0 Å². The lowest BCUT2D eigenvalue weighted by Crippen LogP contribution is -2.63. The summed E-state index contributed by atoms with van der Waals surface area (Å²) < 4.78 is 5.56. The van der Waals surface area contributed by atoms with Gasteiger partial charge in [0.2, 0.25) is 5.91 Å². The third-order valence-electron chi connectivity index (χ3n) is 5.69. The summed E-state index contributed by atoms with van der Waals surface area (Å²) in [4.78, 5) is 26.1. The van der Waals surface area contributed by atoms with E-state index in [0.717, 1.165) is 37.3 Å². The Hall–Kier alpha value is -2.47. The molecular formula is C20H24N4O2. The Morgan fingerprint density at radius 2 is 1.92 bits per heavy atom. The number of nitrogens with zero attached hydrogens (tertiary/aromatic N) is 4. The summed E-state index contributed by atoms with van der Waals surface area (Å²) in [5.74, 6) is 1.07. The molecule has 136 valence electrons. The molecule has 6 heteroatoms. The molecule has 0 atom stereocenters. The summed E-state index contributed by atoms with van der Waals surface area (Å²) in [7, 11) is 1.93. The van der Waals surface area contributed by atoms with E-state index in [1.54, 1.807) is 18.6 Å². The zero-order valence-electron chi connectivity index (χ0n) is 15.0. The summed E-state index contributed by atoms with van der Waals surface area (Å²) in [5.41, 5.74) is 0.631. The predicted octanol–water partition coefficient (Wildman–Crippen LogP) is 1.87. The average molecular weight is 352 g/mol. The van der Waals surface area contributed by atoms with Crippen molar-refractivity contribution in [3.05, 3.63) is 54.5 Å². The molecule has 1 amide bonds. The maximum atomic E-state index is 13.5. The molecule has 0 bridgehead atoms. The van der Waals surface area contributed by atoms with E-state index in [9.17, 15) is 4.79 Å². The highest BCUT2D eigenvalue weighted by molar-refractivity contribution is 5.88. The molecule has 0 aliphatic carbocycles. The first-order chi connectivity index (χ1) is 12.7. The fourth-order valence-corrected chi connectivity index (χ4v) is 3.95. The van der Waals surface area contributed by atoms with Crippen molar-refractivity contribution in [2.75, 3.05) is 38.3 Å². The first kappa shape index (κ1) is 17.0. The zero-order chi connectivity index (χ0) is 18.0. The summed E-state index contributed by atoms with van der Waals surface area (Å²) >= 11 is 0. The number of anilines is 1. The van der Waals surface area contributed by atoms with E-state index in [1.165, 1.54) is 0 Å². The van der Waals surface area contributed by atoms with Crippen molar-refractivity contribution in [3.63, 3.8) is 0 Å². The molecule has 0 spiro atoms. The van der Waals surface area contributed by atoms with Crippen LogP contribution in [0.4, 0.5) is 5.82 Å². The van der Waals surface area contributed by atoms with Crippen molar-refractivity contribution in [2.24, 2.45) is 0 Å². The van der Waals surface area contributed by atoms with Gasteiger partial charge in [-0.05, 0) is 18.4 Å². The lowest BCUT2D eigenvalue weighted by molar-refractivity contribution is -0.142. The number of aromatic nitrogens is 2. The second kappa shape index (κ2) is 7.03. The smallest absolute Gasteiger partial charge is 0.233 e. The third kappa shape index (κ3) is 2.94. The number of benzene rings is 1. The van der Waals surface area contributed by atoms with Gasteiger partial charge >= 0.3 is 0 Å². The SMILES string of the molecule is CN(C(=O)C1(c2ccccc2)CCOCC1)C1CN(c2cnccn2)C1. The normalized spacial score (nSPS) is 19.7. The Bertz CT molecular complexity index is 741. The number of likely N-dealkylation sites (N-methyl/N-ethyl adjacent to an activating group) is 1. The highest BCUT2D eigenvalue weighted by Crippen LogP contribution is 2.37. The number of hydrogen-bond donors (Lipinski definition) is 0. The monoisotopic (exact) mass is 352 g/mol. The van der Waals surface area contributed by atoms with Crippen LogP contribution in [0, 0.1) is 0 Å². The van der Waals surface area contributed by atoms with E-state index >= 15 is 0 Å². The molecule has 2 saturated heterocycles. The number of carbonyl (C=O) groups is 1. The molecule has 2 aliphatic rings. The Morgan fingerprint density at radius 3 is 2.58 bits per heavy atom. The quantitative estimate of drug-likeness (QED) is 0.841. The van der Waals surface area contributed by atoms with Gasteiger partial charge in [-0.25, -0.2) is 4.98 Å². The van der Waals surface area contributed by atoms with Gasteiger partial charge in [0.05, 0.1) is 17.7 Å². The topological polar surface area (TPSA) is 58.6 Å². The molecule has 0 saturated carbocycles. The highest BCUT2D eigenvalue weighted by Gasteiger charge is 2.46. The van der Waals surface area contributed by atoms with Gasteiger partial charge in [0.15, 0.2) is 0 Å². The predicted molar refractivity (Wildman–Crippen MR) is 99.0 cm³/mol. The van der Waals surface area contributed by atoms with Crippen LogP contribution in [0.25, 0.3) is 0 Å². The van der Waals surface area contributed by atoms with Crippen molar-refractivity contribution in [1.82, 2.24) is 14.9 Å². The Morgan fingerprint density at radius 1 is 1.19 bits per heavy atom. The van der Waals surface area contributed by atoms with Crippen molar-refractivity contribution >= 4 is 11.7 Å². The second-order valence-corrected chi connectivity index (χ2v) is 7.10. The molecule has 2 fully saturated rings. The standard InChI is InChI=1S/C20H24N4O2/c1-23(17-14-24(15-17)18-13-21-9-10-22-18)19(25)20(7-11-26-12-8-20)16-5-3-2-4-6-16/h2-6,9-10,13,17H,7-8,11-12,14-15H2,1H3. The van der Waals surface area contributed by atoms with E-state index in [0.29, 0.717) is 13.2 Å². The molecule has 3 heterocycles. The van der Waals surface area contributed by atoms with Crippen LogP contribution in [0.15, 0.2) is 48.9 Å². The van der Waals surface area contributed by atoms with Crippen molar-refractivity contribution in [3.8, 4) is 0 Å². The lowest BCUT2D eigenvalue weighted by Gasteiger charge is -2.48. The molecule has 26 heavy (non-hydrogen) atoms. The van der Waals surface area contributed by atoms with Gasteiger partial charge in [-0.1, -0.05) is 30.3 Å². The largest absolute Gasteiger partial charge is 0.381 e. The fourth-order valence-electron chi connectivity index (χ4n) is 3.95. The van der Waals surface area contributed by atoms with E-state index in [2.05, 4.69) is 27.0 Å². The van der Waals surface area contributed by atoms with Crippen LogP contribution in [-0.2, 0) is 14.9 Å². The maximum Gasteiger partial charge on any atom is 0.233 e. The van der Waals surface area contributed by atoms with Gasteiger partial charge in [0.25, 0.3) is 0 Å². The second-order valence-electron chi connectivity index (χ2n) is 7.10. The van der Waals surface area contributed by atoms with Crippen molar-refractivity contribution in [2.45, 2.75) is 24.3 Å². The molecule has 2 aliphatic heterocycles. The zero-order valence-corrected chi connectivity index (χ0v) is 15.0. The molecule has 0 N–H and O–H groups in total. The summed E-state index contributed by atoms with van der Waals surface area (Å²) in [6.45, 7) is 2.85. The molecule has 6 nitrogen and oxygen atoms in total. The summed E-state index contributed by atoms with van der Waals surface area (Å²) in [6.07, 6.45) is 6.61. The van der Waals surface area contributed by atoms with Gasteiger partial charge < -0.3 is 14.5 Å². The Kier molecular flexibility index (Phi) is 4.59. The Balaban J connectivity index is 1.50. The first-order valence-electron chi connectivity index (χ1n) is 9.12. The van der Waals surface area contributed by atoms with Crippen LogP contribution in [0.1, 0.15) is 18.4 Å². The third-order valence-corrected chi connectivity index (χ3v) is 5.69. The first-order valence-corrected chi connectivity index (χ1v) is 9.12.